The number of carbonyl (C=O) groups excluding carboxylic acids is 1. The molecule has 24 heavy (non-hydrogen) atoms. The molecular formula is C16H30N2O6. The van der Waals surface area contributed by atoms with Gasteiger partial charge in [-0.2, -0.15) is 0 Å². The van der Waals surface area contributed by atoms with Crippen molar-refractivity contribution >= 4 is 11.9 Å². The predicted octanol–water partition coefficient (Wildman–Crippen LogP) is 0.0855. The van der Waals surface area contributed by atoms with Crippen molar-refractivity contribution in [2.45, 2.75) is 12.5 Å². The molecule has 140 valence electrons. The predicted molar refractivity (Wildman–Crippen MR) is 90.0 cm³/mol. The van der Waals surface area contributed by atoms with E-state index in [0.717, 1.165) is 25.2 Å². The molecule has 8 nitrogen and oxygen atoms in total. The molecule has 0 amide bonds. The normalized spacial score (nSPS) is 12.9. The highest BCUT2D eigenvalue weighted by Crippen LogP contribution is 2.02. The molecule has 0 saturated heterocycles. The molecule has 0 heterocycles. The first-order valence-electron chi connectivity index (χ1n) is 7.87. The van der Waals surface area contributed by atoms with Gasteiger partial charge in [0, 0.05) is 31.7 Å². The highest BCUT2D eigenvalue weighted by Gasteiger charge is 2.14. The molecule has 1 unspecified atom stereocenters. The Labute approximate surface area is 144 Å². The highest BCUT2D eigenvalue weighted by atomic mass is 16.6. The van der Waals surface area contributed by atoms with E-state index in [2.05, 4.69) is 0 Å². The lowest BCUT2D eigenvalue weighted by atomic mass is 10.3. The summed E-state index contributed by atoms with van der Waals surface area (Å²) in [6, 6.07) is 0. The molecule has 1 N–H and O–H groups in total. The number of hydrogen-bond donors (Lipinski definition) is 1. The van der Waals surface area contributed by atoms with Crippen molar-refractivity contribution < 1.29 is 28.9 Å². The number of likely N-dealkylation sites (N-methyl/N-ethyl adjacent to an activating group) is 2. The summed E-state index contributed by atoms with van der Waals surface area (Å²) in [5.74, 6) is -1.90. The lowest BCUT2D eigenvalue weighted by Gasteiger charge is -2.18. The average molecular weight is 346 g/mol. The van der Waals surface area contributed by atoms with E-state index in [4.69, 9.17) is 19.3 Å². The summed E-state index contributed by atoms with van der Waals surface area (Å²) in [6.07, 6.45) is 1.65. The Morgan fingerprint density at radius 2 is 1.54 bits per heavy atom. The SMILES string of the molecule is CN(C)CCOCCC(COCCN(C)C)OC(=O)C=CC(=O)O. The van der Waals surface area contributed by atoms with Crippen LogP contribution in [0.3, 0.4) is 0 Å². The van der Waals surface area contributed by atoms with Crippen LogP contribution in [-0.4, -0.2) is 101 Å². The van der Waals surface area contributed by atoms with Crippen LogP contribution in [0.4, 0.5) is 0 Å². The topological polar surface area (TPSA) is 88.5 Å². The van der Waals surface area contributed by atoms with Gasteiger partial charge in [-0.1, -0.05) is 0 Å². The molecule has 0 rings (SSSR count). The summed E-state index contributed by atoms with van der Waals surface area (Å²) in [4.78, 5) is 26.0. The van der Waals surface area contributed by atoms with E-state index in [1.807, 2.05) is 38.0 Å². The Morgan fingerprint density at radius 1 is 0.958 bits per heavy atom. The second kappa shape index (κ2) is 13.9. The van der Waals surface area contributed by atoms with Crippen LogP contribution in [0.5, 0.6) is 0 Å². The van der Waals surface area contributed by atoms with E-state index in [9.17, 15) is 9.59 Å². The zero-order chi connectivity index (χ0) is 18.4. The molecule has 8 heteroatoms. The second-order valence-electron chi connectivity index (χ2n) is 5.81. The van der Waals surface area contributed by atoms with E-state index in [1.165, 1.54) is 0 Å². The molecular weight excluding hydrogens is 316 g/mol. The summed E-state index contributed by atoms with van der Waals surface area (Å²) in [5, 5.41) is 8.52. The number of esters is 1. The summed E-state index contributed by atoms with van der Waals surface area (Å²) >= 11 is 0. The minimum Gasteiger partial charge on any atom is -0.478 e. The van der Waals surface area contributed by atoms with Gasteiger partial charge in [-0.05, 0) is 28.2 Å². The first-order valence-corrected chi connectivity index (χ1v) is 7.87. The molecule has 1 atom stereocenters. The van der Waals surface area contributed by atoms with Gasteiger partial charge in [0.2, 0.25) is 0 Å². The molecule has 0 spiro atoms. The Morgan fingerprint density at radius 3 is 2.08 bits per heavy atom. The van der Waals surface area contributed by atoms with Crippen LogP contribution in [0.25, 0.3) is 0 Å². The van der Waals surface area contributed by atoms with Gasteiger partial charge in [-0.3, -0.25) is 0 Å². The molecule has 0 aromatic heterocycles. The standard InChI is InChI=1S/C16H30N2O6/c1-17(2)8-11-22-10-7-14(13-23-12-9-18(3)4)24-16(21)6-5-15(19)20/h5-6,14H,7-13H2,1-4H3,(H,19,20). The summed E-state index contributed by atoms with van der Waals surface area (Å²) in [5.41, 5.74) is 0. The van der Waals surface area contributed by atoms with Crippen molar-refractivity contribution in [3.8, 4) is 0 Å². The van der Waals surface area contributed by atoms with Gasteiger partial charge in [-0.15, -0.1) is 0 Å². The van der Waals surface area contributed by atoms with Gasteiger partial charge in [0.05, 0.1) is 26.4 Å². The maximum atomic E-state index is 11.6. The van der Waals surface area contributed by atoms with E-state index in [-0.39, 0.29) is 6.61 Å². The first kappa shape index (κ1) is 22.5. The number of aliphatic carboxylic acids is 1. The van der Waals surface area contributed by atoms with Crippen molar-refractivity contribution in [3.63, 3.8) is 0 Å². The van der Waals surface area contributed by atoms with E-state index in [1.54, 1.807) is 0 Å². The summed E-state index contributed by atoms with van der Waals surface area (Å²) in [7, 11) is 7.80. The van der Waals surface area contributed by atoms with E-state index in [0.29, 0.717) is 26.2 Å². The highest BCUT2D eigenvalue weighted by molar-refractivity contribution is 5.90. The van der Waals surface area contributed by atoms with Crippen molar-refractivity contribution in [3.05, 3.63) is 12.2 Å². The minimum absolute atomic E-state index is 0.248. The smallest absolute Gasteiger partial charge is 0.331 e. The number of rotatable bonds is 14. The molecule has 0 aliphatic rings. The second-order valence-corrected chi connectivity index (χ2v) is 5.81. The fraction of sp³-hybridized carbons (Fsp3) is 0.750. The quantitative estimate of drug-likeness (QED) is 0.269. The van der Waals surface area contributed by atoms with Crippen LogP contribution >= 0.6 is 0 Å². The molecule has 0 aromatic rings. The number of ether oxygens (including phenoxy) is 3. The molecule has 0 aliphatic carbocycles. The van der Waals surface area contributed by atoms with Crippen molar-refractivity contribution in [2.75, 3.05) is 67.7 Å². The lowest BCUT2D eigenvalue weighted by molar-refractivity contribution is -0.147. The van der Waals surface area contributed by atoms with Gasteiger partial charge in [0.1, 0.15) is 6.10 Å². The molecule has 0 bridgehead atoms. The average Bonchev–Trinajstić information content (AvgIpc) is 2.48. The molecule has 0 aromatic carbocycles. The summed E-state index contributed by atoms with van der Waals surface area (Å²) in [6.45, 7) is 3.37. The zero-order valence-corrected chi connectivity index (χ0v) is 15.1. The van der Waals surface area contributed by atoms with Gasteiger partial charge in [0.25, 0.3) is 0 Å². The lowest BCUT2D eigenvalue weighted by Crippen LogP contribution is -2.27. The third-order valence-corrected chi connectivity index (χ3v) is 2.90. The molecule has 0 fully saturated rings. The van der Waals surface area contributed by atoms with Crippen LogP contribution < -0.4 is 0 Å². The van der Waals surface area contributed by atoms with Crippen molar-refractivity contribution in [1.82, 2.24) is 9.80 Å². The number of carboxylic acids is 1. The van der Waals surface area contributed by atoms with Crippen LogP contribution in [0.1, 0.15) is 6.42 Å². The van der Waals surface area contributed by atoms with Crippen molar-refractivity contribution in [2.24, 2.45) is 0 Å². The fourth-order valence-corrected chi connectivity index (χ4v) is 1.55. The van der Waals surface area contributed by atoms with Crippen molar-refractivity contribution in [1.29, 1.82) is 0 Å². The van der Waals surface area contributed by atoms with Crippen LogP contribution in [0.15, 0.2) is 12.2 Å². The zero-order valence-electron chi connectivity index (χ0n) is 15.1. The minimum atomic E-state index is -1.20. The number of hydrogen-bond acceptors (Lipinski definition) is 7. The van der Waals surface area contributed by atoms with Crippen LogP contribution in [0, 0.1) is 0 Å². The largest absolute Gasteiger partial charge is 0.478 e. The van der Waals surface area contributed by atoms with Gasteiger partial charge in [-0.25, -0.2) is 9.59 Å². The third kappa shape index (κ3) is 15.4. The Balaban J connectivity index is 4.21. The van der Waals surface area contributed by atoms with Crippen LogP contribution in [-0.2, 0) is 23.8 Å². The number of carbonyl (C=O) groups is 2. The van der Waals surface area contributed by atoms with Gasteiger partial charge >= 0.3 is 11.9 Å². The Bertz CT molecular complexity index is 385. The maximum absolute atomic E-state index is 11.6. The molecule has 0 saturated carbocycles. The van der Waals surface area contributed by atoms with Gasteiger partial charge < -0.3 is 29.1 Å². The van der Waals surface area contributed by atoms with Gasteiger partial charge in [0.15, 0.2) is 0 Å². The first-order chi connectivity index (χ1) is 11.3. The number of nitrogens with zero attached hydrogens (tertiary/aromatic N) is 2. The Kier molecular flexibility index (Phi) is 13.1. The summed E-state index contributed by atoms with van der Waals surface area (Å²) < 4.78 is 16.2. The Hall–Kier alpha value is -1.48. The van der Waals surface area contributed by atoms with Crippen LogP contribution in [0.2, 0.25) is 0 Å². The van der Waals surface area contributed by atoms with E-state index >= 15 is 0 Å². The maximum Gasteiger partial charge on any atom is 0.331 e. The van der Waals surface area contributed by atoms with E-state index < -0.39 is 18.0 Å². The third-order valence-electron chi connectivity index (χ3n) is 2.90. The fourth-order valence-electron chi connectivity index (χ4n) is 1.55. The number of carboxylic acid groups (broad SMARTS) is 1. The monoisotopic (exact) mass is 346 g/mol. The molecule has 0 radical (unpaired) electrons. The molecule has 0 aliphatic heterocycles.